The van der Waals surface area contributed by atoms with Crippen molar-refractivity contribution in [1.82, 2.24) is 0 Å². The summed E-state index contributed by atoms with van der Waals surface area (Å²) in [7, 11) is 0. The van der Waals surface area contributed by atoms with Crippen LogP contribution in [0.5, 0.6) is 0 Å². The second-order valence-corrected chi connectivity index (χ2v) is 4.70. The molecule has 0 fully saturated rings. The van der Waals surface area contributed by atoms with Crippen LogP contribution in [0.15, 0.2) is 42.5 Å². The van der Waals surface area contributed by atoms with Crippen molar-refractivity contribution in [3.05, 3.63) is 63.7 Å². The third kappa shape index (κ3) is 3.47. The predicted octanol–water partition coefficient (Wildman–Crippen LogP) is 3.14. The van der Waals surface area contributed by atoms with Crippen molar-refractivity contribution in [3.8, 4) is 0 Å². The number of nitro benzene ring substituents is 1. The van der Waals surface area contributed by atoms with Crippen molar-refractivity contribution in [2.75, 3.05) is 17.6 Å². The maximum Gasteiger partial charge on any atom is 0.292 e. The number of nitrogen functional groups attached to an aromatic ring is 1. The van der Waals surface area contributed by atoms with Crippen LogP contribution in [0.4, 0.5) is 17.1 Å². The molecular weight excluding hydrogens is 254 g/mol. The van der Waals surface area contributed by atoms with Gasteiger partial charge in [-0.05, 0) is 31.0 Å². The molecule has 0 saturated carbocycles. The lowest BCUT2D eigenvalue weighted by atomic mass is 10.1. The Bertz CT molecular complexity index is 626. The first kappa shape index (κ1) is 13.9. The zero-order chi connectivity index (χ0) is 14.5. The van der Waals surface area contributed by atoms with Gasteiger partial charge in [-0.3, -0.25) is 10.1 Å². The Morgan fingerprint density at radius 2 is 2.05 bits per heavy atom. The molecule has 0 aliphatic rings. The van der Waals surface area contributed by atoms with E-state index in [1.54, 1.807) is 12.1 Å². The van der Waals surface area contributed by atoms with Crippen molar-refractivity contribution < 1.29 is 4.92 Å². The summed E-state index contributed by atoms with van der Waals surface area (Å²) in [5, 5.41) is 13.9. The summed E-state index contributed by atoms with van der Waals surface area (Å²) in [6, 6.07) is 13.0. The highest BCUT2D eigenvalue weighted by Crippen LogP contribution is 2.24. The van der Waals surface area contributed by atoms with Crippen LogP contribution >= 0.6 is 0 Å². The average Bonchev–Trinajstić information content (AvgIpc) is 2.38. The van der Waals surface area contributed by atoms with E-state index in [9.17, 15) is 10.1 Å². The van der Waals surface area contributed by atoms with Crippen LogP contribution in [-0.2, 0) is 6.42 Å². The predicted molar refractivity (Wildman–Crippen MR) is 80.9 cm³/mol. The highest BCUT2D eigenvalue weighted by Gasteiger charge is 2.10. The van der Waals surface area contributed by atoms with Gasteiger partial charge in [0.1, 0.15) is 5.69 Å². The lowest BCUT2D eigenvalue weighted by Gasteiger charge is -2.08. The maximum atomic E-state index is 10.7. The number of nitrogens with one attached hydrogen (secondary N) is 1. The molecule has 0 spiro atoms. The average molecular weight is 271 g/mol. The molecule has 0 aliphatic carbocycles. The first-order valence-electron chi connectivity index (χ1n) is 6.39. The number of aryl methyl sites for hydroxylation is 1. The minimum atomic E-state index is -0.480. The van der Waals surface area contributed by atoms with Gasteiger partial charge < -0.3 is 11.1 Å². The lowest BCUT2D eigenvalue weighted by molar-refractivity contribution is -0.383. The molecule has 0 heterocycles. The summed E-state index contributed by atoms with van der Waals surface area (Å²) in [5.41, 5.74) is 9.05. The summed E-state index contributed by atoms with van der Waals surface area (Å²) in [5.74, 6) is 0. The number of nitro groups is 1. The summed E-state index contributed by atoms with van der Waals surface area (Å²) >= 11 is 0. The molecular formula is C15H17N3O2. The number of hydrogen-bond donors (Lipinski definition) is 2. The molecule has 5 nitrogen and oxygen atoms in total. The molecule has 0 aromatic heterocycles. The van der Waals surface area contributed by atoms with Gasteiger partial charge in [0.2, 0.25) is 0 Å². The third-order valence-corrected chi connectivity index (χ3v) is 3.05. The number of nitrogens with zero attached hydrogens (tertiary/aromatic N) is 1. The van der Waals surface area contributed by atoms with Crippen molar-refractivity contribution in [2.24, 2.45) is 0 Å². The SMILES string of the molecule is Cc1cccc(CCNc2ccc([N+](=O)[O-])c(N)c2)c1. The topological polar surface area (TPSA) is 81.2 Å². The molecule has 2 aromatic carbocycles. The Hall–Kier alpha value is -2.56. The van der Waals surface area contributed by atoms with Crippen LogP contribution in [0.3, 0.4) is 0 Å². The molecule has 5 heteroatoms. The van der Waals surface area contributed by atoms with Crippen LogP contribution in [0.1, 0.15) is 11.1 Å². The zero-order valence-electron chi connectivity index (χ0n) is 11.3. The minimum absolute atomic E-state index is 0.0609. The van der Waals surface area contributed by atoms with Crippen molar-refractivity contribution in [1.29, 1.82) is 0 Å². The van der Waals surface area contributed by atoms with Gasteiger partial charge >= 0.3 is 0 Å². The van der Waals surface area contributed by atoms with Gasteiger partial charge in [0.25, 0.3) is 5.69 Å². The van der Waals surface area contributed by atoms with Crippen LogP contribution in [-0.4, -0.2) is 11.5 Å². The van der Waals surface area contributed by atoms with Crippen LogP contribution in [0.2, 0.25) is 0 Å². The molecule has 20 heavy (non-hydrogen) atoms. The van der Waals surface area contributed by atoms with Gasteiger partial charge in [-0.1, -0.05) is 29.8 Å². The van der Waals surface area contributed by atoms with Gasteiger partial charge in [-0.15, -0.1) is 0 Å². The normalized spacial score (nSPS) is 10.2. The number of rotatable bonds is 5. The van der Waals surface area contributed by atoms with E-state index in [2.05, 4.69) is 30.4 Å². The highest BCUT2D eigenvalue weighted by atomic mass is 16.6. The first-order valence-corrected chi connectivity index (χ1v) is 6.39. The monoisotopic (exact) mass is 271 g/mol. The molecule has 0 atom stereocenters. The van der Waals surface area contributed by atoms with E-state index in [0.29, 0.717) is 0 Å². The van der Waals surface area contributed by atoms with E-state index in [-0.39, 0.29) is 11.4 Å². The van der Waals surface area contributed by atoms with Gasteiger partial charge in [-0.25, -0.2) is 0 Å². The van der Waals surface area contributed by atoms with Gasteiger partial charge in [0, 0.05) is 18.3 Å². The van der Waals surface area contributed by atoms with Crippen LogP contribution in [0.25, 0.3) is 0 Å². The fraction of sp³-hybridized carbons (Fsp3) is 0.200. The minimum Gasteiger partial charge on any atom is -0.393 e. The van der Waals surface area contributed by atoms with Crippen LogP contribution < -0.4 is 11.1 Å². The quantitative estimate of drug-likeness (QED) is 0.497. The maximum absolute atomic E-state index is 10.7. The molecule has 0 aliphatic heterocycles. The lowest BCUT2D eigenvalue weighted by Crippen LogP contribution is -2.06. The number of benzene rings is 2. The second-order valence-electron chi connectivity index (χ2n) is 4.70. The molecule has 2 aromatic rings. The Labute approximate surface area is 117 Å². The van der Waals surface area contributed by atoms with Gasteiger partial charge in [0.05, 0.1) is 4.92 Å². The smallest absolute Gasteiger partial charge is 0.292 e. The van der Waals surface area contributed by atoms with Gasteiger partial charge in [-0.2, -0.15) is 0 Å². The third-order valence-electron chi connectivity index (χ3n) is 3.05. The van der Waals surface area contributed by atoms with E-state index < -0.39 is 4.92 Å². The molecule has 2 rings (SSSR count). The fourth-order valence-corrected chi connectivity index (χ4v) is 2.05. The molecule has 0 amide bonds. The van der Waals surface area contributed by atoms with Crippen molar-refractivity contribution in [2.45, 2.75) is 13.3 Å². The Kier molecular flexibility index (Phi) is 4.20. The standard InChI is InChI=1S/C15H17N3O2/c1-11-3-2-4-12(9-11)7-8-17-13-5-6-15(18(19)20)14(16)10-13/h2-6,9-10,17H,7-8,16H2,1H3. The van der Waals surface area contributed by atoms with E-state index in [1.165, 1.54) is 17.2 Å². The summed E-state index contributed by atoms with van der Waals surface area (Å²) < 4.78 is 0. The van der Waals surface area contributed by atoms with E-state index >= 15 is 0 Å². The van der Waals surface area contributed by atoms with E-state index in [0.717, 1.165) is 18.7 Å². The Morgan fingerprint density at radius 3 is 2.70 bits per heavy atom. The molecule has 3 N–H and O–H groups in total. The van der Waals surface area contributed by atoms with Gasteiger partial charge in [0.15, 0.2) is 0 Å². The summed E-state index contributed by atoms with van der Waals surface area (Å²) in [6.07, 6.45) is 0.887. The largest absolute Gasteiger partial charge is 0.393 e. The molecule has 0 radical (unpaired) electrons. The zero-order valence-corrected chi connectivity index (χ0v) is 11.3. The number of hydrogen-bond acceptors (Lipinski definition) is 4. The van der Waals surface area contributed by atoms with E-state index in [1.807, 2.05) is 6.07 Å². The molecule has 0 saturated heterocycles. The van der Waals surface area contributed by atoms with E-state index in [4.69, 9.17) is 5.73 Å². The Morgan fingerprint density at radius 1 is 1.25 bits per heavy atom. The van der Waals surface area contributed by atoms with Crippen molar-refractivity contribution >= 4 is 17.1 Å². The second kappa shape index (κ2) is 6.06. The highest BCUT2D eigenvalue weighted by molar-refractivity contribution is 5.65. The van der Waals surface area contributed by atoms with Crippen molar-refractivity contribution in [3.63, 3.8) is 0 Å². The first-order chi connectivity index (χ1) is 9.56. The van der Waals surface area contributed by atoms with Crippen LogP contribution in [0, 0.1) is 17.0 Å². The number of nitrogens with two attached hydrogens (primary N) is 1. The summed E-state index contributed by atoms with van der Waals surface area (Å²) in [6.45, 7) is 2.81. The molecule has 0 unspecified atom stereocenters. The molecule has 0 bridgehead atoms. The fourth-order valence-electron chi connectivity index (χ4n) is 2.05. The summed E-state index contributed by atoms with van der Waals surface area (Å²) in [4.78, 5) is 10.2. The molecule has 104 valence electrons. The number of anilines is 2. The Balaban J connectivity index is 1.94.